The Labute approximate surface area is 125 Å². The molecule has 2 aliphatic heterocycles. The van der Waals surface area contributed by atoms with Gasteiger partial charge in [-0.2, -0.15) is 0 Å². The molecule has 2 fully saturated rings. The van der Waals surface area contributed by atoms with E-state index in [1.165, 1.54) is 0 Å². The zero-order valence-electron chi connectivity index (χ0n) is 12.1. The van der Waals surface area contributed by atoms with Crippen molar-refractivity contribution in [2.75, 3.05) is 18.0 Å². The normalized spacial score (nSPS) is 25.5. The summed E-state index contributed by atoms with van der Waals surface area (Å²) in [6.07, 6.45) is 4.96. The molecule has 0 radical (unpaired) electrons. The summed E-state index contributed by atoms with van der Waals surface area (Å²) in [5.41, 5.74) is 1.13. The minimum absolute atomic E-state index is 0.355. The fourth-order valence-electron chi connectivity index (χ4n) is 2.91. The van der Waals surface area contributed by atoms with Crippen LogP contribution in [0.4, 0.5) is 5.82 Å². The van der Waals surface area contributed by atoms with E-state index >= 15 is 0 Å². The minimum atomic E-state index is 0.355. The largest absolute Gasteiger partial charge is 0.371 e. The number of nitrogens with one attached hydrogen (secondary N) is 1. The van der Waals surface area contributed by atoms with E-state index in [1.807, 2.05) is 12.3 Å². The summed E-state index contributed by atoms with van der Waals surface area (Å²) >= 11 is 6.42. The van der Waals surface area contributed by atoms with Crippen LogP contribution in [0.15, 0.2) is 12.3 Å². The molecule has 20 heavy (non-hydrogen) atoms. The number of fused-ring (bicyclic) bond motifs is 2. The fourth-order valence-corrected chi connectivity index (χ4v) is 3.22. The highest BCUT2D eigenvalue weighted by Gasteiger charge is 2.34. The molecule has 0 aliphatic carbocycles. The lowest BCUT2D eigenvalue weighted by atomic mass is 10.2. The highest BCUT2D eigenvalue weighted by atomic mass is 35.5. The highest BCUT2D eigenvalue weighted by molar-refractivity contribution is 6.33. The van der Waals surface area contributed by atoms with Crippen molar-refractivity contribution in [2.45, 2.75) is 51.5 Å². The van der Waals surface area contributed by atoms with Crippen molar-refractivity contribution in [1.82, 2.24) is 10.3 Å². The predicted octanol–water partition coefficient (Wildman–Crippen LogP) is 2.60. The maximum absolute atomic E-state index is 6.42. The molecule has 0 spiro atoms. The Kier molecular flexibility index (Phi) is 4.15. The number of rotatable bonds is 4. The van der Waals surface area contributed by atoms with Crippen molar-refractivity contribution in [3.63, 3.8) is 0 Å². The van der Waals surface area contributed by atoms with Gasteiger partial charge in [0.05, 0.1) is 17.2 Å². The number of morpholine rings is 1. The number of ether oxygens (including phenoxy) is 1. The molecular weight excluding hydrogens is 274 g/mol. The Morgan fingerprint density at radius 3 is 2.70 bits per heavy atom. The summed E-state index contributed by atoms with van der Waals surface area (Å²) in [5, 5.41) is 4.12. The number of nitrogens with zero attached hydrogens (tertiary/aromatic N) is 2. The Hall–Kier alpha value is -0.840. The Balaban J connectivity index is 1.71. The van der Waals surface area contributed by atoms with Gasteiger partial charge in [-0.15, -0.1) is 0 Å². The third-order valence-corrected chi connectivity index (χ3v) is 4.21. The third-order valence-electron chi connectivity index (χ3n) is 3.94. The van der Waals surface area contributed by atoms with E-state index in [4.69, 9.17) is 16.3 Å². The monoisotopic (exact) mass is 295 g/mol. The van der Waals surface area contributed by atoms with Crippen LogP contribution in [0.2, 0.25) is 5.02 Å². The van der Waals surface area contributed by atoms with Crippen LogP contribution >= 0.6 is 11.6 Å². The smallest absolute Gasteiger partial charge is 0.147 e. The summed E-state index contributed by atoms with van der Waals surface area (Å²) < 4.78 is 5.85. The first kappa shape index (κ1) is 14.1. The van der Waals surface area contributed by atoms with Crippen molar-refractivity contribution in [3.8, 4) is 0 Å². The van der Waals surface area contributed by atoms with Gasteiger partial charge in [0.1, 0.15) is 5.82 Å². The van der Waals surface area contributed by atoms with Gasteiger partial charge in [0, 0.05) is 31.9 Å². The second-order valence-electron chi connectivity index (χ2n) is 6.05. The molecule has 1 aromatic rings. The van der Waals surface area contributed by atoms with Gasteiger partial charge in [-0.25, -0.2) is 4.98 Å². The molecule has 1 N–H and O–H groups in total. The summed E-state index contributed by atoms with van der Waals surface area (Å²) in [4.78, 5) is 6.85. The number of pyridine rings is 1. The first-order valence-electron chi connectivity index (χ1n) is 7.40. The van der Waals surface area contributed by atoms with Gasteiger partial charge in [0.15, 0.2) is 0 Å². The average molecular weight is 296 g/mol. The SMILES string of the molecule is CC(C)NCc1cnc(N2CC3CCC(C2)O3)c(Cl)c1. The van der Waals surface area contributed by atoms with Crippen molar-refractivity contribution in [1.29, 1.82) is 0 Å². The lowest BCUT2D eigenvalue weighted by Crippen LogP contribution is -2.43. The first-order valence-corrected chi connectivity index (χ1v) is 7.78. The summed E-state index contributed by atoms with van der Waals surface area (Å²) in [7, 11) is 0. The third kappa shape index (κ3) is 3.08. The average Bonchev–Trinajstić information content (AvgIpc) is 2.75. The molecule has 2 bridgehead atoms. The molecule has 2 aliphatic rings. The Bertz CT molecular complexity index is 468. The van der Waals surface area contributed by atoms with E-state index in [9.17, 15) is 0 Å². The van der Waals surface area contributed by atoms with Crippen LogP contribution in [0.25, 0.3) is 0 Å². The second-order valence-corrected chi connectivity index (χ2v) is 6.45. The zero-order chi connectivity index (χ0) is 14.1. The maximum atomic E-state index is 6.42. The Morgan fingerprint density at radius 1 is 1.40 bits per heavy atom. The minimum Gasteiger partial charge on any atom is -0.371 e. The summed E-state index contributed by atoms with van der Waals surface area (Å²) in [5.74, 6) is 0.903. The van der Waals surface area contributed by atoms with Crippen LogP contribution < -0.4 is 10.2 Å². The van der Waals surface area contributed by atoms with E-state index in [0.717, 1.165) is 48.9 Å². The highest BCUT2D eigenvalue weighted by Crippen LogP contribution is 2.32. The van der Waals surface area contributed by atoms with Crippen molar-refractivity contribution < 1.29 is 4.74 Å². The molecule has 0 aromatic carbocycles. The number of halogens is 1. The quantitative estimate of drug-likeness (QED) is 0.926. The number of aromatic nitrogens is 1. The van der Waals surface area contributed by atoms with Crippen molar-refractivity contribution in [3.05, 3.63) is 22.8 Å². The van der Waals surface area contributed by atoms with Crippen molar-refractivity contribution in [2.24, 2.45) is 0 Å². The van der Waals surface area contributed by atoms with Crippen LogP contribution in [0.3, 0.4) is 0 Å². The van der Waals surface area contributed by atoms with E-state index in [-0.39, 0.29) is 0 Å². The molecule has 5 heteroatoms. The molecule has 110 valence electrons. The van der Waals surface area contributed by atoms with E-state index in [1.54, 1.807) is 0 Å². The molecule has 4 nitrogen and oxygen atoms in total. The lowest BCUT2D eigenvalue weighted by molar-refractivity contribution is 0.0302. The zero-order valence-corrected chi connectivity index (χ0v) is 12.9. The van der Waals surface area contributed by atoms with Crippen LogP contribution in [-0.2, 0) is 11.3 Å². The van der Waals surface area contributed by atoms with Crippen LogP contribution in [-0.4, -0.2) is 36.3 Å². The lowest BCUT2D eigenvalue weighted by Gasteiger charge is -2.33. The van der Waals surface area contributed by atoms with Gasteiger partial charge < -0.3 is 15.0 Å². The second kappa shape index (κ2) is 5.88. The molecule has 0 amide bonds. The number of anilines is 1. The molecule has 1 aromatic heterocycles. The molecular formula is C15H22ClN3O. The molecule has 2 unspecified atom stereocenters. The molecule has 2 saturated heterocycles. The maximum Gasteiger partial charge on any atom is 0.147 e. The van der Waals surface area contributed by atoms with Crippen molar-refractivity contribution >= 4 is 17.4 Å². The van der Waals surface area contributed by atoms with Gasteiger partial charge in [-0.3, -0.25) is 0 Å². The molecule has 2 atom stereocenters. The predicted molar refractivity (Wildman–Crippen MR) is 81.3 cm³/mol. The molecule has 3 heterocycles. The van der Waals surface area contributed by atoms with E-state index < -0.39 is 0 Å². The first-order chi connectivity index (χ1) is 9.61. The van der Waals surface area contributed by atoms with Gasteiger partial charge in [0.2, 0.25) is 0 Å². The fraction of sp³-hybridized carbons (Fsp3) is 0.667. The van der Waals surface area contributed by atoms with Crippen LogP contribution in [0.5, 0.6) is 0 Å². The number of hydrogen-bond acceptors (Lipinski definition) is 4. The van der Waals surface area contributed by atoms with Gasteiger partial charge >= 0.3 is 0 Å². The standard InChI is InChI=1S/C15H22ClN3O/c1-10(2)17-6-11-5-14(16)15(18-7-11)19-8-12-3-4-13(9-19)20-12/h5,7,10,12-13,17H,3-4,6,8-9H2,1-2H3. The van der Waals surface area contributed by atoms with Gasteiger partial charge in [-0.1, -0.05) is 25.4 Å². The summed E-state index contributed by atoms with van der Waals surface area (Å²) in [6, 6.07) is 2.49. The van der Waals surface area contributed by atoms with E-state index in [0.29, 0.717) is 18.2 Å². The Morgan fingerprint density at radius 2 is 2.10 bits per heavy atom. The summed E-state index contributed by atoms with van der Waals surface area (Å²) in [6.45, 7) is 6.89. The van der Waals surface area contributed by atoms with Gasteiger partial charge in [0.25, 0.3) is 0 Å². The topological polar surface area (TPSA) is 37.4 Å². The van der Waals surface area contributed by atoms with E-state index in [2.05, 4.69) is 29.0 Å². The van der Waals surface area contributed by atoms with Crippen LogP contribution in [0, 0.1) is 0 Å². The molecule has 0 saturated carbocycles. The van der Waals surface area contributed by atoms with Gasteiger partial charge in [-0.05, 0) is 24.5 Å². The van der Waals surface area contributed by atoms with Crippen LogP contribution in [0.1, 0.15) is 32.3 Å². The molecule has 3 rings (SSSR count). The number of hydrogen-bond donors (Lipinski definition) is 1.